The van der Waals surface area contributed by atoms with E-state index in [2.05, 4.69) is 0 Å². The van der Waals surface area contributed by atoms with E-state index in [-0.39, 0.29) is 12.3 Å². The number of hydrogen-bond donors (Lipinski definition) is 1. The van der Waals surface area contributed by atoms with Crippen LogP contribution in [0, 0.1) is 5.92 Å². The summed E-state index contributed by atoms with van der Waals surface area (Å²) in [6.45, 7) is 3.74. The van der Waals surface area contributed by atoms with E-state index >= 15 is 0 Å². The second-order valence-corrected chi connectivity index (χ2v) is 2.82. The molecule has 0 aliphatic rings. The highest BCUT2D eigenvalue weighted by Gasteiger charge is 2.12. The molecule has 0 aromatic rings. The Morgan fingerprint density at radius 1 is 1.60 bits per heavy atom. The number of carboxylic acid groups (broad SMARTS) is 1. The maximum absolute atomic E-state index is 12.5. The van der Waals surface area contributed by atoms with Gasteiger partial charge in [0.1, 0.15) is 6.17 Å². The first-order valence-electron chi connectivity index (χ1n) is 3.38. The Kier molecular flexibility index (Phi) is 4.00. The number of hydrogen-bond acceptors (Lipinski definition) is 1. The summed E-state index contributed by atoms with van der Waals surface area (Å²) < 4.78 is 12.5. The molecule has 0 aliphatic carbocycles. The summed E-state index contributed by atoms with van der Waals surface area (Å²) in [6, 6.07) is 0. The van der Waals surface area contributed by atoms with E-state index in [0.29, 0.717) is 6.42 Å². The molecule has 0 saturated carbocycles. The summed E-state index contributed by atoms with van der Waals surface area (Å²) in [5, 5.41) is 8.16. The molecule has 60 valence electrons. The van der Waals surface area contributed by atoms with E-state index in [1.807, 2.05) is 13.8 Å². The van der Waals surface area contributed by atoms with Crippen LogP contribution in [-0.2, 0) is 4.79 Å². The highest BCUT2D eigenvalue weighted by Crippen LogP contribution is 2.10. The molecule has 0 spiro atoms. The topological polar surface area (TPSA) is 37.3 Å². The van der Waals surface area contributed by atoms with Crippen molar-refractivity contribution in [1.82, 2.24) is 0 Å². The van der Waals surface area contributed by atoms with Gasteiger partial charge in [-0.15, -0.1) is 0 Å². The average Bonchev–Trinajstić information content (AvgIpc) is 1.58. The largest absolute Gasteiger partial charge is 0.481 e. The normalized spacial score (nSPS) is 13.6. The molecule has 0 aromatic carbocycles. The van der Waals surface area contributed by atoms with Crippen molar-refractivity contribution < 1.29 is 14.3 Å². The smallest absolute Gasteiger partial charge is 0.306 e. The van der Waals surface area contributed by atoms with Crippen LogP contribution in [0.2, 0.25) is 0 Å². The van der Waals surface area contributed by atoms with Crippen molar-refractivity contribution in [3.05, 3.63) is 0 Å². The Morgan fingerprint density at radius 2 is 2.10 bits per heavy atom. The van der Waals surface area contributed by atoms with Crippen molar-refractivity contribution in [3.8, 4) is 0 Å². The highest BCUT2D eigenvalue weighted by molar-refractivity contribution is 5.67. The summed E-state index contributed by atoms with van der Waals surface area (Å²) >= 11 is 0. The third kappa shape index (κ3) is 5.54. The molecular formula is C7H13FO2. The number of carboxylic acids is 1. The molecule has 0 bridgehead atoms. The van der Waals surface area contributed by atoms with Crippen molar-refractivity contribution in [2.45, 2.75) is 32.9 Å². The molecule has 1 atom stereocenters. The Hall–Kier alpha value is -0.600. The van der Waals surface area contributed by atoms with Crippen LogP contribution in [0.4, 0.5) is 4.39 Å². The minimum atomic E-state index is -1.18. The number of aliphatic carboxylic acids is 1. The van der Waals surface area contributed by atoms with Gasteiger partial charge in [0.25, 0.3) is 0 Å². The molecule has 1 N–H and O–H groups in total. The second-order valence-electron chi connectivity index (χ2n) is 2.82. The molecular weight excluding hydrogens is 135 g/mol. The van der Waals surface area contributed by atoms with Crippen molar-refractivity contribution in [1.29, 1.82) is 0 Å². The van der Waals surface area contributed by atoms with E-state index in [9.17, 15) is 9.18 Å². The number of alkyl halides is 1. The Bertz CT molecular complexity index is 112. The van der Waals surface area contributed by atoms with Gasteiger partial charge in [0.15, 0.2) is 0 Å². The number of rotatable bonds is 4. The lowest BCUT2D eigenvalue weighted by Gasteiger charge is -2.06. The van der Waals surface area contributed by atoms with Crippen LogP contribution in [0.15, 0.2) is 0 Å². The molecule has 10 heavy (non-hydrogen) atoms. The van der Waals surface area contributed by atoms with Gasteiger partial charge < -0.3 is 5.11 Å². The predicted molar refractivity (Wildman–Crippen MR) is 36.6 cm³/mol. The Labute approximate surface area is 60.1 Å². The Morgan fingerprint density at radius 3 is 2.40 bits per heavy atom. The molecule has 0 heterocycles. The molecule has 0 radical (unpaired) electrons. The van der Waals surface area contributed by atoms with Crippen LogP contribution in [-0.4, -0.2) is 17.2 Å². The van der Waals surface area contributed by atoms with Crippen molar-refractivity contribution >= 4 is 5.97 Å². The molecule has 3 heteroatoms. The van der Waals surface area contributed by atoms with Gasteiger partial charge in [-0.3, -0.25) is 4.79 Å². The summed E-state index contributed by atoms with van der Waals surface area (Å²) in [5.74, 6) is -0.831. The molecule has 0 fully saturated rings. The number of halogens is 1. The van der Waals surface area contributed by atoms with Gasteiger partial charge in [-0.05, 0) is 12.3 Å². The standard InChI is InChI=1S/C7H13FO2/c1-5(2)3-6(8)4-7(9)10/h5-6H,3-4H2,1-2H3,(H,9,10). The van der Waals surface area contributed by atoms with E-state index in [0.717, 1.165) is 0 Å². The first-order chi connectivity index (χ1) is 4.52. The quantitative estimate of drug-likeness (QED) is 0.660. The molecule has 2 nitrogen and oxygen atoms in total. The molecule has 0 amide bonds. The van der Waals surface area contributed by atoms with Crippen LogP contribution in [0.5, 0.6) is 0 Å². The van der Waals surface area contributed by atoms with Crippen LogP contribution in [0.3, 0.4) is 0 Å². The fourth-order valence-corrected chi connectivity index (χ4v) is 0.784. The summed E-state index contributed by atoms with van der Waals surface area (Å²) in [6.07, 6.45) is -1.21. The monoisotopic (exact) mass is 148 g/mol. The van der Waals surface area contributed by atoms with Crippen LogP contribution < -0.4 is 0 Å². The zero-order valence-electron chi connectivity index (χ0n) is 6.30. The lowest BCUT2D eigenvalue weighted by atomic mass is 10.1. The van der Waals surface area contributed by atoms with Gasteiger partial charge >= 0.3 is 5.97 Å². The molecule has 0 rings (SSSR count). The minimum Gasteiger partial charge on any atom is -0.481 e. The van der Waals surface area contributed by atoms with Gasteiger partial charge in [-0.25, -0.2) is 4.39 Å². The van der Waals surface area contributed by atoms with E-state index in [1.54, 1.807) is 0 Å². The summed E-state index contributed by atoms with van der Waals surface area (Å²) in [4.78, 5) is 9.95. The summed E-state index contributed by atoms with van der Waals surface area (Å²) in [7, 11) is 0. The molecule has 0 aromatic heterocycles. The fourth-order valence-electron chi connectivity index (χ4n) is 0.784. The predicted octanol–water partition coefficient (Wildman–Crippen LogP) is 1.85. The third-order valence-electron chi connectivity index (χ3n) is 1.12. The Balaban J connectivity index is 3.43. The van der Waals surface area contributed by atoms with E-state index in [1.165, 1.54) is 0 Å². The minimum absolute atomic E-state index is 0.231. The van der Waals surface area contributed by atoms with Gasteiger partial charge in [-0.1, -0.05) is 13.8 Å². The zero-order valence-corrected chi connectivity index (χ0v) is 6.30. The molecule has 0 aliphatic heterocycles. The molecule has 0 saturated heterocycles. The lowest BCUT2D eigenvalue weighted by molar-refractivity contribution is -0.138. The lowest BCUT2D eigenvalue weighted by Crippen LogP contribution is -2.10. The van der Waals surface area contributed by atoms with Gasteiger partial charge in [0.05, 0.1) is 6.42 Å². The average molecular weight is 148 g/mol. The third-order valence-corrected chi connectivity index (χ3v) is 1.12. The van der Waals surface area contributed by atoms with Gasteiger partial charge in [0, 0.05) is 0 Å². The van der Waals surface area contributed by atoms with Gasteiger partial charge in [0.2, 0.25) is 0 Å². The summed E-state index contributed by atoms with van der Waals surface area (Å²) in [5.41, 5.74) is 0. The van der Waals surface area contributed by atoms with Crippen molar-refractivity contribution in [2.24, 2.45) is 5.92 Å². The van der Waals surface area contributed by atoms with Gasteiger partial charge in [-0.2, -0.15) is 0 Å². The van der Waals surface area contributed by atoms with Crippen LogP contribution in [0.25, 0.3) is 0 Å². The highest BCUT2D eigenvalue weighted by atomic mass is 19.1. The maximum Gasteiger partial charge on any atom is 0.306 e. The van der Waals surface area contributed by atoms with E-state index < -0.39 is 12.1 Å². The van der Waals surface area contributed by atoms with Crippen LogP contribution in [0.1, 0.15) is 26.7 Å². The second kappa shape index (κ2) is 4.25. The van der Waals surface area contributed by atoms with Crippen molar-refractivity contribution in [3.63, 3.8) is 0 Å². The first-order valence-corrected chi connectivity index (χ1v) is 3.38. The maximum atomic E-state index is 12.5. The van der Waals surface area contributed by atoms with Crippen LogP contribution >= 0.6 is 0 Å². The fraction of sp³-hybridized carbons (Fsp3) is 0.857. The number of carbonyl (C=O) groups is 1. The SMILES string of the molecule is CC(C)CC(F)CC(=O)O. The van der Waals surface area contributed by atoms with Crippen molar-refractivity contribution in [2.75, 3.05) is 0 Å². The first kappa shape index (κ1) is 9.40. The molecule has 1 unspecified atom stereocenters. The zero-order chi connectivity index (χ0) is 8.15. The van der Waals surface area contributed by atoms with E-state index in [4.69, 9.17) is 5.11 Å².